The molecule has 3 aromatic rings. The molecule has 3 rings (SSSR count). The number of nitrogens with zero attached hydrogens (tertiary/aromatic N) is 1. The lowest BCUT2D eigenvalue weighted by atomic mass is 10.2. The number of phenolic OH excluding ortho intramolecular Hbond substituents is 1. The third-order valence-electron chi connectivity index (χ3n) is 3.83. The Bertz CT molecular complexity index is 923. The summed E-state index contributed by atoms with van der Waals surface area (Å²) in [6, 6.07) is 22.1. The molecule has 6 nitrogen and oxygen atoms in total. The van der Waals surface area contributed by atoms with Crippen molar-refractivity contribution < 1.29 is 19.4 Å². The van der Waals surface area contributed by atoms with E-state index in [-0.39, 0.29) is 5.75 Å². The Balaban J connectivity index is 1.61. The molecule has 0 saturated heterocycles. The van der Waals surface area contributed by atoms with Gasteiger partial charge in [0, 0.05) is 18.4 Å². The number of ether oxygens (including phenoxy) is 1. The number of carbonyl (C=O) groups is 2. The second-order valence-electron chi connectivity index (χ2n) is 5.77. The highest BCUT2D eigenvalue weighted by Gasteiger charge is 2.20. The van der Waals surface area contributed by atoms with Crippen molar-refractivity contribution in [3.05, 3.63) is 78.9 Å². The first-order valence-electron chi connectivity index (χ1n) is 8.24. The molecule has 2 N–H and O–H groups in total. The van der Waals surface area contributed by atoms with Crippen LogP contribution in [0.2, 0.25) is 0 Å². The van der Waals surface area contributed by atoms with Crippen LogP contribution in [0.3, 0.4) is 0 Å². The zero-order valence-electron chi connectivity index (χ0n) is 14.6. The summed E-state index contributed by atoms with van der Waals surface area (Å²) < 4.78 is 5.68. The van der Waals surface area contributed by atoms with Gasteiger partial charge in [-0.25, -0.2) is 0 Å². The Kier molecular flexibility index (Phi) is 5.37. The molecule has 0 heterocycles. The molecule has 136 valence electrons. The number of phenols is 1. The second-order valence-corrected chi connectivity index (χ2v) is 5.77. The lowest BCUT2D eigenvalue weighted by molar-refractivity contribution is -0.134. The standard InChI is InChI=1S/C21H18N2O4/c1-23(16-9-11-17(24)12-10-16)21(26)20(25)22-15-7-13-19(14-8-15)27-18-5-3-2-4-6-18/h2-14,24H,1H3,(H,22,25). The first-order chi connectivity index (χ1) is 13.0. The number of hydrogen-bond donors (Lipinski definition) is 2. The Morgan fingerprint density at radius 1 is 0.852 bits per heavy atom. The lowest BCUT2D eigenvalue weighted by Gasteiger charge is -2.17. The van der Waals surface area contributed by atoms with E-state index in [4.69, 9.17) is 4.74 Å². The van der Waals surface area contributed by atoms with Crippen LogP contribution in [0.5, 0.6) is 17.2 Å². The number of nitrogens with one attached hydrogen (secondary N) is 1. The van der Waals surface area contributed by atoms with Crippen LogP contribution in [-0.4, -0.2) is 24.0 Å². The fourth-order valence-corrected chi connectivity index (χ4v) is 2.36. The summed E-state index contributed by atoms with van der Waals surface area (Å²) in [5, 5.41) is 11.9. The van der Waals surface area contributed by atoms with Gasteiger partial charge >= 0.3 is 11.8 Å². The van der Waals surface area contributed by atoms with Crippen LogP contribution < -0.4 is 15.0 Å². The van der Waals surface area contributed by atoms with Crippen molar-refractivity contribution in [1.82, 2.24) is 0 Å². The number of hydrogen-bond acceptors (Lipinski definition) is 4. The number of likely N-dealkylation sites (N-methyl/N-ethyl adjacent to an activating group) is 1. The number of para-hydroxylation sites is 1. The van der Waals surface area contributed by atoms with E-state index in [1.165, 1.54) is 24.1 Å². The predicted molar refractivity (Wildman–Crippen MR) is 103 cm³/mol. The first-order valence-corrected chi connectivity index (χ1v) is 8.24. The van der Waals surface area contributed by atoms with Gasteiger partial charge < -0.3 is 20.1 Å². The second kappa shape index (κ2) is 8.05. The van der Waals surface area contributed by atoms with E-state index < -0.39 is 11.8 Å². The fraction of sp³-hybridized carbons (Fsp3) is 0.0476. The summed E-state index contributed by atoms with van der Waals surface area (Å²) in [7, 11) is 1.49. The molecule has 3 aromatic carbocycles. The quantitative estimate of drug-likeness (QED) is 0.692. The van der Waals surface area contributed by atoms with Crippen molar-refractivity contribution >= 4 is 23.2 Å². The van der Waals surface area contributed by atoms with Gasteiger partial charge in [0.2, 0.25) is 0 Å². The Morgan fingerprint density at radius 2 is 1.44 bits per heavy atom. The Hall–Kier alpha value is -3.80. The van der Waals surface area contributed by atoms with E-state index in [0.29, 0.717) is 22.9 Å². The molecule has 0 atom stereocenters. The van der Waals surface area contributed by atoms with E-state index in [2.05, 4.69) is 5.32 Å². The van der Waals surface area contributed by atoms with Crippen LogP contribution in [-0.2, 0) is 9.59 Å². The van der Waals surface area contributed by atoms with Crippen molar-refractivity contribution in [1.29, 1.82) is 0 Å². The topological polar surface area (TPSA) is 78.9 Å². The van der Waals surface area contributed by atoms with Crippen LogP contribution in [0.15, 0.2) is 78.9 Å². The Morgan fingerprint density at radius 3 is 2.07 bits per heavy atom. The van der Waals surface area contributed by atoms with Gasteiger partial charge in [-0.3, -0.25) is 9.59 Å². The summed E-state index contributed by atoms with van der Waals surface area (Å²) >= 11 is 0. The minimum Gasteiger partial charge on any atom is -0.508 e. The van der Waals surface area contributed by atoms with Crippen molar-refractivity contribution in [3.63, 3.8) is 0 Å². The smallest absolute Gasteiger partial charge is 0.316 e. The summed E-state index contributed by atoms with van der Waals surface area (Å²) in [6.45, 7) is 0. The number of anilines is 2. The van der Waals surface area contributed by atoms with Crippen LogP contribution in [0.4, 0.5) is 11.4 Å². The SMILES string of the molecule is CN(C(=O)C(=O)Nc1ccc(Oc2ccccc2)cc1)c1ccc(O)cc1. The molecular formula is C21H18N2O4. The lowest BCUT2D eigenvalue weighted by Crippen LogP contribution is -2.37. The van der Waals surface area contributed by atoms with Crippen molar-refractivity contribution in [3.8, 4) is 17.2 Å². The van der Waals surface area contributed by atoms with Gasteiger partial charge in [-0.15, -0.1) is 0 Å². The molecule has 0 fully saturated rings. The highest BCUT2D eigenvalue weighted by atomic mass is 16.5. The Labute approximate surface area is 156 Å². The van der Waals surface area contributed by atoms with Crippen molar-refractivity contribution in [2.75, 3.05) is 17.3 Å². The minimum atomic E-state index is -0.762. The van der Waals surface area contributed by atoms with E-state index in [1.54, 1.807) is 36.4 Å². The summed E-state index contributed by atoms with van der Waals surface area (Å²) in [4.78, 5) is 25.7. The predicted octanol–water partition coefficient (Wildman–Crippen LogP) is 3.79. The molecular weight excluding hydrogens is 344 g/mol. The maximum absolute atomic E-state index is 12.3. The molecule has 6 heteroatoms. The molecule has 2 amide bonds. The van der Waals surface area contributed by atoms with Crippen LogP contribution in [0, 0.1) is 0 Å². The number of carbonyl (C=O) groups excluding carboxylic acids is 2. The maximum Gasteiger partial charge on any atom is 0.316 e. The largest absolute Gasteiger partial charge is 0.508 e. The third kappa shape index (κ3) is 4.64. The molecule has 0 spiro atoms. The molecule has 0 saturated carbocycles. The van der Waals surface area contributed by atoms with E-state index in [9.17, 15) is 14.7 Å². The van der Waals surface area contributed by atoms with Crippen LogP contribution in [0.25, 0.3) is 0 Å². The molecule has 0 unspecified atom stereocenters. The normalized spacial score (nSPS) is 10.1. The van der Waals surface area contributed by atoms with Gasteiger partial charge in [0.05, 0.1) is 0 Å². The molecule has 27 heavy (non-hydrogen) atoms. The van der Waals surface area contributed by atoms with E-state index >= 15 is 0 Å². The van der Waals surface area contributed by atoms with Crippen LogP contribution >= 0.6 is 0 Å². The third-order valence-corrected chi connectivity index (χ3v) is 3.83. The van der Waals surface area contributed by atoms with Gasteiger partial charge in [0.25, 0.3) is 0 Å². The molecule has 0 aliphatic carbocycles. The average Bonchev–Trinajstić information content (AvgIpc) is 2.69. The summed E-state index contributed by atoms with van der Waals surface area (Å²) in [5.74, 6) is -0.0683. The van der Waals surface area contributed by atoms with Gasteiger partial charge in [-0.2, -0.15) is 0 Å². The highest BCUT2D eigenvalue weighted by Crippen LogP contribution is 2.23. The summed E-state index contributed by atoms with van der Waals surface area (Å²) in [6.07, 6.45) is 0. The van der Waals surface area contributed by atoms with Gasteiger partial charge in [-0.05, 0) is 60.7 Å². The highest BCUT2D eigenvalue weighted by molar-refractivity contribution is 6.44. The number of aromatic hydroxyl groups is 1. The molecule has 0 aromatic heterocycles. The average molecular weight is 362 g/mol. The van der Waals surface area contributed by atoms with E-state index in [0.717, 1.165) is 0 Å². The molecule has 0 aliphatic rings. The fourth-order valence-electron chi connectivity index (χ4n) is 2.36. The molecule has 0 bridgehead atoms. The van der Waals surface area contributed by atoms with E-state index in [1.807, 2.05) is 30.3 Å². The van der Waals surface area contributed by atoms with Gasteiger partial charge in [0.15, 0.2) is 0 Å². The number of rotatable bonds is 4. The first kappa shape index (κ1) is 18.0. The number of amides is 2. The molecule has 0 aliphatic heterocycles. The number of benzene rings is 3. The monoisotopic (exact) mass is 362 g/mol. The zero-order valence-corrected chi connectivity index (χ0v) is 14.6. The maximum atomic E-state index is 12.3. The minimum absolute atomic E-state index is 0.0851. The van der Waals surface area contributed by atoms with Crippen molar-refractivity contribution in [2.24, 2.45) is 0 Å². The van der Waals surface area contributed by atoms with Gasteiger partial charge in [0.1, 0.15) is 17.2 Å². The van der Waals surface area contributed by atoms with Gasteiger partial charge in [-0.1, -0.05) is 18.2 Å². The van der Waals surface area contributed by atoms with Crippen LogP contribution in [0.1, 0.15) is 0 Å². The van der Waals surface area contributed by atoms with Crippen molar-refractivity contribution in [2.45, 2.75) is 0 Å². The molecule has 0 radical (unpaired) electrons. The zero-order chi connectivity index (χ0) is 19.2. The summed E-state index contributed by atoms with van der Waals surface area (Å²) in [5.41, 5.74) is 0.979.